The Kier molecular flexibility index (Phi) is 6.00. The molecular weight excluding hydrogens is 480 g/mol. The molecule has 10 nitrogen and oxygen atoms in total. The molecule has 0 aliphatic carbocycles. The Morgan fingerprint density at radius 1 is 0.808 bits per heavy atom. The van der Waals surface area contributed by atoms with Crippen molar-refractivity contribution in [1.82, 2.24) is 0 Å². The van der Waals surface area contributed by atoms with Gasteiger partial charge in [0.25, 0.3) is 11.4 Å². The van der Waals surface area contributed by atoms with E-state index in [1.54, 1.807) is 0 Å². The highest BCUT2D eigenvalue weighted by molar-refractivity contribution is 9.10. The second-order valence-electron chi connectivity index (χ2n) is 4.73. The molecular formula is C14H8Br2N4O6. The Morgan fingerprint density at radius 2 is 1.15 bits per heavy atom. The second-order valence-corrected chi connectivity index (χ2v) is 6.44. The van der Waals surface area contributed by atoms with Gasteiger partial charge in [-0.25, -0.2) is 0 Å². The monoisotopic (exact) mass is 486 g/mol. The van der Waals surface area contributed by atoms with Crippen LogP contribution in [0.2, 0.25) is 0 Å². The number of benzene rings is 2. The van der Waals surface area contributed by atoms with Crippen LogP contribution in [0.4, 0.5) is 11.4 Å². The molecule has 0 saturated heterocycles. The molecule has 0 unspecified atom stereocenters. The van der Waals surface area contributed by atoms with E-state index in [2.05, 4.69) is 42.1 Å². The highest BCUT2D eigenvalue weighted by Gasteiger charge is 2.14. The maximum absolute atomic E-state index is 10.8. The Labute approximate surface area is 162 Å². The molecule has 2 aromatic carbocycles. The molecule has 0 aliphatic heterocycles. The number of nitro groups is 2. The molecule has 0 radical (unpaired) electrons. The summed E-state index contributed by atoms with van der Waals surface area (Å²) in [5.74, 6) is -0.536. The summed E-state index contributed by atoms with van der Waals surface area (Å²) in [6.07, 6.45) is 2.13. The summed E-state index contributed by atoms with van der Waals surface area (Å²) in [6.45, 7) is 0. The maximum atomic E-state index is 10.8. The number of aromatic hydroxyl groups is 2. The molecule has 0 heterocycles. The fraction of sp³-hybridized carbons (Fsp3) is 0. The summed E-state index contributed by atoms with van der Waals surface area (Å²) in [6, 6.07) is 4.46. The molecule has 2 N–H and O–H groups in total. The lowest BCUT2D eigenvalue weighted by atomic mass is 10.2. The van der Waals surface area contributed by atoms with Crippen molar-refractivity contribution in [3.8, 4) is 11.5 Å². The smallest absolute Gasteiger partial charge is 0.271 e. The van der Waals surface area contributed by atoms with E-state index in [-0.39, 0.29) is 42.9 Å². The number of nitrogens with zero attached hydrogens (tertiary/aromatic N) is 4. The zero-order valence-corrected chi connectivity index (χ0v) is 15.7. The Hall–Kier alpha value is -2.86. The molecule has 0 bridgehead atoms. The van der Waals surface area contributed by atoms with Crippen LogP contribution in [0.25, 0.3) is 0 Å². The molecule has 12 heteroatoms. The molecule has 26 heavy (non-hydrogen) atoms. The lowest BCUT2D eigenvalue weighted by molar-refractivity contribution is -0.385. The van der Waals surface area contributed by atoms with Crippen molar-refractivity contribution < 1.29 is 20.1 Å². The summed E-state index contributed by atoms with van der Waals surface area (Å²) in [5, 5.41) is 48.6. The Balaban J connectivity index is 2.32. The summed E-state index contributed by atoms with van der Waals surface area (Å²) >= 11 is 5.99. The SMILES string of the molecule is O=[N+]([O-])c1cc(Br)c(O)c(/C=N/N=C/c2cc([N+](=O)[O-])cc(Br)c2O)c1. The van der Waals surface area contributed by atoms with E-state index in [1.165, 1.54) is 0 Å². The van der Waals surface area contributed by atoms with Crippen molar-refractivity contribution in [2.24, 2.45) is 10.2 Å². The molecule has 0 aliphatic rings. The standard InChI is InChI=1S/C14H8Br2N4O6/c15-11-3-9(19(23)24)1-7(13(11)21)5-17-18-6-8-2-10(20(25)26)4-12(16)14(8)22/h1-6,21-22H/b17-5+,18-6+. The Bertz CT molecular complexity index is 883. The van der Waals surface area contributed by atoms with Crippen LogP contribution in [0.5, 0.6) is 11.5 Å². The average molecular weight is 488 g/mol. The van der Waals surface area contributed by atoms with E-state index in [0.29, 0.717) is 0 Å². The minimum absolute atomic E-state index is 0.0349. The first kappa shape index (κ1) is 19.5. The normalized spacial score (nSPS) is 11.3. The van der Waals surface area contributed by atoms with E-state index in [4.69, 9.17) is 0 Å². The minimum atomic E-state index is -0.635. The number of phenols is 2. The zero-order chi connectivity index (χ0) is 19.4. The number of hydrogen-bond acceptors (Lipinski definition) is 8. The fourth-order valence-electron chi connectivity index (χ4n) is 1.81. The van der Waals surface area contributed by atoms with Crippen molar-refractivity contribution in [2.75, 3.05) is 0 Å². The second kappa shape index (κ2) is 8.01. The summed E-state index contributed by atoms with van der Waals surface area (Å²) in [5.41, 5.74) is -0.457. The number of rotatable bonds is 5. The molecule has 0 saturated carbocycles. The highest BCUT2D eigenvalue weighted by atomic mass is 79.9. The molecule has 0 amide bonds. The van der Waals surface area contributed by atoms with E-state index < -0.39 is 9.85 Å². The van der Waals surface area contributed by atoms with E-state index in [1.807, 2.05) is 0 Å². The highest BCUT2D eigenvalue weighted by Crippen LogP contribution is 2.32. The number of hydrogen-bond donors (Lipinski definition) is 2. The van der Waals surface area contributed by atoms with Gasteiger partial charge in [-0.2, -0.15) is 10.2 Å². The van der Waals surface area contributed by atoms with Gasteiger partial charge >= 0.3 is 0 Å². The predicted molar refractivity (Wildman–Crippen MR) is 100 cm³/mol. The van der Waals surface area contributed by atoms with Gasteiger partial charge in [-0.05, 0) is 31.9 Å². The van der Waals surface area contributed by atoms with Gasteiger partial charge < -0.3 is 10.2 Å². The van der Waals surface area contributed by atoms with E-state index >= 15 is 0 Å². The largest absolute Gasteiger partial charge is 0.506 e. The number of nitro benzene ring substituents is 2. The van der Waals surface area contributed by atoms with Gasteiger partial charge in [0.2, 0.25) is 0 Å². The van der Waals surface area contributed by atoms with Crippen LogP contribution >= 0.6 is 31.9 Å². The lowest BCUT2D eigenvalue weighted by Gasteiger charge is -2.02. The van der Waals surface area contributed by atoms with Crippen LogP contribution in [-0.2, 0) is 0 Å². The first-order valence-electron chi connectivity index (χ1n) is 6.61. The summed E-state index contributed by atoms with van der Waals surface area (Å²) in [7, 11) is 0. The molecule has 0 aromatic heterocycles. The first-order chi connectivity index (χ1) is 12.2. The topological polar surface area (TPSA) is 151 Å². The van der Waals surface area contributed by atoms with Crippen molar-refractivity contribution in [3.63, 3.8) is 0 Å². The third-order valence-electron chi connectivity index (χ3n) is 3.04. The maximum Gasteiger partial charge on any atom is 0.271 e. The van der Waals surface area contributed by atoms with Gasteiger partial charge in [0.15, 0.2) is 0 Å². The third-order valence-corrected chi connectivity index (χ3v) is 4.25. The van der Waals surface area contributed by atoms with E-state index in [9.17, 15) is 30.4 Å². The molecule has 2 rings (SSSR count). The van der Waals surface area contributed by atoms with Crippen molar-refractivity contribution in [2.45, 2.75) is 0 Å². The average Bonchev–Trinajstić information content (AvgIpc) is 2.57. The predicted octanol–water partition coefficient (Wildman–Crippen LogP) is 3.89. The van der Waals surface area contributed by atoms with E-state index in [0.717, 1.165) is 36.7 Å². The fourth-order valence-corrected chi connectivity index (χ4v) is 2.74. The zero-order valence-electron chi connectivity index (χ0n) is 12.5. The van der Waals surface area contributed by atoms with Gasteiger partial charge in [0.1, 0.15) is 11.5 Å². The van der Waals surface area contributed by atoms with Crippen LogP contribution in [0, 0.1) is 20.2 Å². The van der Waals surface area contributed by atoms with Crippen LogP contribution in [0.15, 0.2) is 43.4 Å². The number of phenolic OH excluding ortho intramolecular Hbond substituents is 2. The van der Waals surface area contributed by atoms with Crippen LogP contribution in [0.3, 0.4) is 0 Å². The molecule has 0 spiro atoms. The first-order valence-corrected chi connectivity index (χ1v) is 8.19. The number of non-ortho nitro benzene ring substituents is 2. The molecule has 2 aromatic rings. The van der Waals surface area contributed by atoms with Crippen molar-refractivity contribution in [3.05, 3.63) is 64.6 Å². The summed E-state index contributed by atoms with van der Waals surface area (Å²) < 4.78 is 0.217. The Morgan fingerprint density at radius 3 is 1.46 bits per heavy atom. The minimum Gasteiger partial charge on any atom is -0.506 e. The molecule has 0 atom stereocenters. The van der Waals surface area contributed by atoms with Crippen LogP contribution in [0.1, 0.15) is 11.1 Å². The van der Waals surface area contributed by atoms with Gasteiger partial charge in [-0.1, -0.05) is 0 Å². The third kappa shape index (κ3) is 4.40. The van der Waals surface area contributed by atoms with Crippen molar-refractivity contribution in [1.29, 1.82) is 0 Å². The van der Waals surface area contributed by atoms with Gasteiger partial charge in [-0.15, -0.1) is 0 Å². The van der Waals surface area contributed by atoms with Gasteiger partial charge in [0.05, 0.1) is 31.2 Å². The molecule has 0 fully saturated rings. The lowest BCUT2D eigenvalue weighted by Crippen LogP contribution is -1.92. The van der Waals surface area contributed by atoms with Crippen LogP contribution in [-0.4, -0.2) is 32.5 Å². The van der Waals surface area contributed by atoms with Crippen LogP contribution < -0.4 is 0 Å². The van der Waals surface area contributed by atoms with Crippen molar-refractivity contribution >= 4 is 55.7 Å². The number of halogens is 2. The van der Waals surface area contributed by atoms with Gasteiger partial charge in [0, 0.05) is 35.4 Å². The quantitative estimate of drug-likeness (QED) is 0.370. The van der Waals surface area contributed by atoms with Gasteiger partial charge in [-0.3, -0.25) is 20.2 Å². The molecule has 134 valence electrons. The summed E-state index contributed by atoms with van der Waals surface area (Å²) in [4.78, 5) is 20.4.